The summed E-state index contributed by atoms with van der Waals surface area (Å²) in [5.74, 6) is -0.308. The van der Waals surface area contributed by atoms with Crippen molar-refractivity contribution in [2.24, 2.45) is 5.41 Å². The van der Waals surface area contributed by atoms with Crippen molar-refractivity contribution in [1.82, 2.24) is 19.7 Å². The number of pyridine rings is 2. The molecular weight excluding hydrogens is 369 g/mol. The molecule has 2 saturated carbocycles. The summed E-state index contributed by atoms with van der Waals surface area (Å²) in [7, 11) is 0. The predicted octanol–water partition coefficient (Wildman–Crippen LogP) is 3.52. The second-order valence-electron chi connectivity index (χ2n) is 7.16. The molecule has 1 N–H and O–H groups in total. The molecule has 2 aliphatic rings. The van der Waals surface area contributed by atoms with Gasteiger partial charge in [0, 0.05) is 24.7 Å². The van der Waals surface area contributed by atoms with Crippen LogP contribution in [0.2, 0.25) is 5.02 Å². The van der Waals surface area contributed by atoms with Gasteiger partial charge in [0.1, 0.15) is 11.2 Å². The number of aromatic nitrogens is 4. The van der Waals surface area contributed by atoms with Gasteiger partial charge in [-0.25, -0.2) is 9.07 Å². The Morgan fingerprint density at radius 2 is 2.15 bits per heavy atom. The molecule has 1 spiro atoms. The summed E-state index contributed by atoms with van der Waals surface area (Å²) in [4.78, 5) is 21.3. The van der Waals surface area contributed by atoms with Gasteiger partial charge < -0.3 is 5.32 Å². The maximum absolute atomic E-state index is 14.4. The van der Waals surface area contributed by atoms with E-state index in [1.165, 1.54) is 24.5 Å². The SMILES string of the molecule is O=C(Nc1ccn(-c2cncc(Cl)c2)n1)C1(c2ncccc2F)CC12CC2. The molecule has 2 fully saturated rings. The minimum Gasteiger partial charge on any atom is -0.308 e. The Bertz CT molecular complexity index is 1060. The lowest BCUT2D eigenvalue weighted by molar-refractivity contribution is -0.119. The zero-order valence-corrected chi connectivity index (χ0v) is 14.9. The summed E-state index contributed by atoms with van der Waals surface area (Å²) < 4.78 is 15.9. The molecule has 1 unspecified atom stereocenters. The summed E-state index contributed by atoms with van der Waals surface area (Å²) in [5.41, 5.74) is -0.136. The molecule has 1 amide bonds. The van der Waals surface area contributed by atoms with Gasteiger partial charge in [0.05, 0.1) is 22.6 Å². The van der Waals surface area contributed by atoms with E-state index in [-0.39, 0.29) is 17.0 Å². The quantitative estimate of drug-likeness (QED) is 0.748. The van der Waals surface area contributed by atoms with Gasteiger partial charge in [0.15, 0.2) is 5.82 Å². The van der Waals surface area contributed by atoms with Gasteiger partial charge in [-0.05, 0) is 42.9 Å². The number of carbonyl (C=O) groups is 1. The maximum atomic E-state index is 14.4. The van der Waals surface area contributed by atoms with Crippen LogP contribution in [0.3, 0.4) is 0 Å². The van der Waals surface area contributed by atoms with E-state index in [2.05, 4.69) is 20.4 Å². The minimum absolute atomic E-state index is 0.147. The molecule has 2 aliphatic carbocycles. The largest absolute Gasteiger partial charge is 0.308 e. The Balaban J connectivity index is 1.43. The number of carbonyl (C=O) groups excluding carboxylic acids is 1. The Labute approximate surface area is 159 Å². The van der Waals surface area contributed by atoms with Crippen molar-refractivity contribution in [1.29, 1.82) is 0 Å². The molecule has 3 heterocycles. The fourth-order valence-corrected chi connectivity index (χ4v) is 4.13. The van der Waals surface area contributed by atoms with Crippen LogP contribution in [0, 0.1) is 11.2 Å². The summed E-state index contributed by atoms with van der Waals surface area (Å²) in [6.45, 7) is 0. The van der Waals surface area contributed by atoms with Crippen LogP contribution in [0.25, 0.3) is 5.69 Å². The summed E-state index contributed by atoms with van der Waals surface area (Å²) in [5, 5.41) is 7.69. The molecule has 0 aliphatic heterocycles. The van der Waals surface area contributed by atoms with Gasteiger partial charge in [-0.1, -0.05) is 11.6 Å². The van der Waals surface area contributed by atoms with Crippen LogP contribution in [-0.4, -0.2) is 25.7 Å². The summed E-state index contributed by atoms with van der Waals surface area (Å²) >= 11 is 5.96. The van der Waals surface area contributed by atoms with E-state index in [0.29, 0.717) is 22.9 Å². The molecule has 8 heteroatoms. The van der Waals surface area contributed by atoms with Crippen LogP contribution < -0.4 is 5.32 Å². The monoisotopic (exact) mass is 383 g/mol. The van der Waals surface area contributed by atoms with Gasteiger partial charge in [0.2, 0.25) is 5.91 Å². The van der Waals surface area contributed by atoms with E-state index in [1.807, 2.05) is 0 Å². The Kier molecular flexibility index (Phi) is 3.40. The third-order valence-corrected chi connectivity index (χ3v) is 5.78. The lowest BCUT2D eigenvalue weighted by Crippen LogP contribution is -2.32. The van der Waals surface area contributed by atoms with Crippen LogP contribution in [0.1, 0.15) is 25.0 Å². The molecule has 5 rings (SSSR count). The third-order valence-electron chi connectivity index (χ3n) is 5.57. The lowest BCUT2D eigenvalue weighted by Gasteiger charge is -2.16. The van der Waals surface area contributed by atoms with Crippen molar-refractivity contribution in [2.45, 2.75) is 24.7 Å². The minimum atomic E-state index is -0.903. The van der Waals surface area contributed by atoms with Crippen molar-refractivity contribution in [3.05, 3.63) is 65.6 Å². The number of anilines is 1. The molecule has 0 radical (unpaired) electrons. The van der Waals surface area contributed by atoms with Crippen LogP contribution in [0.4, 0.5) is 10.2 Å². The number of nitrogens with one attached hydrogen (secondary N) is 1. The highest BCUT2D eigenvalue weighted by Crippen LogP contribution is 2.78. The molecule has 27 heavy (non-hydrogen) atoms. The fraction of sp³-hybridized carbons (Fsp3) is 0.263. The van der Waals surface area contributed by atoms with Crippen LogP contribution >= 0.6 is 11.6 Å². The normalized spacial score (nSPS) is 21.9. The van der Waals surface area contributed by atoms with Gasteiger partial charge in [-0.2, -0.15) is 5.10 Å². The first-order valence-electron chi connectivity index (χ1n) is 8.63. The van der Waals surface area contributed by atoms with Crippen molar-refractivity contribution in [3.8, 4) is 5.69 Å². The number of rotatable bonds is 4. The molecule has 0 bridgehead atoms. The summed E-state index contributed by atoms with van der Waals surface area (Å²) in [6.07, 6.45) is 8.84. The first kappa shape index (κ1) is 16.4. The van der Waals surface area contributed by atoms with Gasteiger partial charge in [-0.3, -0.25) is 14.8 Å². The van der Waals surface area contributed by atoms with Crippen LogP contribution in [0.5, 0.6) is 0 Å². The lowest BCUT2D eigenvalue weighted by atomic mass is 9.95. The van der Waals surface area contributed by atoms with Crippen LogP contribution in [-0.2, 0) is 10.2 Å². The van der Waals surface area contributed by atoms with Crippen molar-refractivity contribution in [3.63, 3.8) is 0 Å². The standard InChI is InChI=1S/C19H15ClFN5O/c20-12-8-13(10-22-9-12)26-7-3-15(25-26)24-17(27)19(11-18(19)4-5-18)16-14(21)2-1-6-23-16/h1-3,6-10H,4-5,11H2,(H,24,25,27). The maximum Gasteiger partial charge on any atom is 0.238 e. The molecule has 0 aromatic carbocycles. The van der Waals surface area contributed by atoms with Crippen LogP contribution in [0.15, 0.2) is 49.1 Å². The third kappa shape index (κ3) is 2.45. The van der Waals surface area contributed by atoms with E-state index < -0.39 is 11.2 Å². The van der Waals surface area contributed by atoms with Crippen molar-refractivity contribution < 1.29 is 9.18 Å². The van der Waals surface area contributed by atoms with Gasteiger partial charge >= 0.3 is 0 Å². The van der Waals surface area contributed by atoms with Gasteiger partial charge in [-0.15, -0.1) is 0 Å². The van der Waals surface area contributed by atoms with Crippen molar-refractivity contribution >= 4 is 23.3 Å². The highest BCUT2D eigenvalue weighted by atomic mass is 35.5. The molecular formula is C19H15ClFN5O. The fourth-order valence-electron chi connectivity index (χ4n) is 3.96. The Morgan fingerprint density at radius 3 is 2.85 bits per heavy atom. The van der Waals surface area contributed by atoms with E-state index in [0.717, 1.165) is 12.8 Å². The Morgan fingerprint density at radius 1 is 1.30 bits per heavy atom. The topological polar surface area (TPSA) is 72.7 Å². The highest BCUT2D eigenvalue weighted by molar-refractivity contribution is 6.30. The molecule has 3 aromatic rings. The zero-order chi connectivity index (χ0) is 18.6. The number of hydrogen-bond donors (Lipinski definition) is 1. The molecule has 6 nitrogen and oxygen atoms in total. The molecule has 136 valence electrons. The highest BCUT2D eigenvalue weighted by Gasteiger charge is 2.79. The number of hydrogen-bond acceptors (Lipinski definition) is 4. The predicted molar refractivity (Wildman–Crippen MR) is 97.2 cm³/mol. The first-order valence-corrected chi connectivity index (χ1v) is 9.01. The number of amides is 1. The van der Waals surface area contributed by atoms with E-state index in [4.69, 9.17) is 11.6 Å². The van der Waals surface area contributed by atoms with Crippen molar-refractivity contribution in [2.75, 3.05) is 5.32 Å². The number of nitrogens with zero attached hydrogens (tertiary/aromatic N) is 4. The second-order valence-corrected chi connectivity index (χ2v) is 7.59. The molecule has 0 saturated heterocycles. The number of halogens is 2. The summed E-state index contributed by atoms with van der Waals surface area (Å²) in [6, 6.07) is 6.29. The average Bonchev–Trinajstić information content (AvgIpc) is 3.52. The molecule has 3 aromatic heterocycles. The van der Waals surface area contributed by atoms with E-state index in [9.17, 15) is 9.18 Å². The second kappa shape index (κ2) is 5.60. The van der Waals surface area contributed by atoms with E-state index in [1.54, 1.807) is 29.2 Å². The van der Waals surface area contributed by atoms with Gasteiger partial charge in [0.25, 0.3) is 0 Å². The zero-order valence-electron chi connectivity index (χ0n) is 14.2. The molecule has 1 atom stereocenters. The first-order chi connectivity index (χ1) is 13.0. The smallest absolute Gasteiger partial charge is 0.238 e. The Hall–Kier alpha value is -2.80. The van der Waals surface area contributed by atoms with E-state index >= 15 is 0 Å². The average molecular weight is 384 g/mol.